The maximum Gasteiger partial charge on any atom is 0.207 e. The number of allylic oxidation sites excluding steroid dienone is 1. The SMILES string of the molecule is C/C(=C/C(C)O)OC1(C)c2ccc(C)cc2C2C=C(c3ccc(C)cc3)c3cc(C)ccc3N21. The quantitative estimate of drug-likeness (QED) is 0.430. The third kappa shape index (κ3) is 3.65. The summed E-state index contributed by atoms with van der Waals surface area (Å²) in [6, 6.07) is 22.2. The van der Waals surface area contributed by atoms with Gasteiger partial charge in [-0.15, -0.1) is 0 Å². The number of aliphatic hydroxyl groups is 1. The van der Waals surface area contributed by atoms with Crippen molar-refractivity contribution < 1.29 is 9.84 Å². The van der Waals surface area contributed by atoms with Gasteiger partial charge in [0.15, 0.2) is 0 Å². The van der Waals surface area contributed by atoms with E-state index in [4.69, 9.17) is 4.74 Å². The third-order valence-electron chi connectivity index (χ3n) is 6.99. The second-order valence-corrected chi connectivity index (χ2v) is 9.98. The van der Waals surface area contributed by atoms with Crippen molar-refractivity contribution in [2.75, 3.05) is 4.90 Å². The van der Waals surface area contributed by atoms with Crippen LogP contribution in [0.3, 0.4) is 0 Å². The molecule has 3 aromatic rings. The summed E-state index contributed by atoms with van der Waals surface area (Å²) in [5.41, 5.74) is 10.3. The number of aryl methyl sites for hydroxylation is 3. The highest BCUT2D eigenvalue weighted by atomic mass is 16.5. The van der Waals surface area contributed by atoms with Crippen LogP contribution in [-0.2, 0) is 10.5 Å². The Morgan fingerprint density at radius 1 is 0.971 bits per heavy atom. The zero-order valence-corrected chi connectivity index (χ0v) is 20.9. The van der Waals surface area contributed by atoms with Crippen LogP contribution in [0.4, 0.5) is 5.69 Å². The lowest BCUT2D eigenvalue weighted by atomic mass is 9.88. The van der Waals surface area contributed by atoms with E-state index in [0.29, 0.717) is 5.76 Å². The lowest BCUT2D eigenvalue weighted by Gasteiger charge is -2.43. The number of benzene rings is 3. The average Bonchev–Trinajstić information content (AvgIpc) is 3.00. The highest BCUT2D eigenvalue weighted by Gasteiger charge is 2.51. The summed E-state index contributed by atoms with van der Waals surface area (Å²) in [7, 11) is 0. The van der Waals surface area contributed by atoms with E-state index in [1.54, 1.807) is 13.0 Å². The molecule has 0 amide bonds. The Bertz CT molecular complexity index is 1320. The van der Waals surface area contributed by atoms with Crippen molar-refractivity contribution in [1.29, 1.82) is 0 Å². The van der Waals surface area contributed by atoms with E-state index in [1.807, 2.05) is 6.92 Å². The minimum atomic E-state index is -0.706. The van der Waals surface area contributed by atoms with E-state index in [9.17, 15) is 5.11 Å². The molecule has 0 saturated carbocycles. The van der Waals surface area contributed by atoms with Crippen molar-refractivity contribution in [2.45, 2.75) is 59.4 Å². The van der Waals surface area contributed by atoms with Gasteiger partial charge in [-0.25, -0.2) is 0 Å². The molecule has 3 atom stereocenters. The highest BCUT2D eigenvalue weighted by Crippen LogP contribution is 2.56. The van der Waals surface area contributed by atoms with Crippen LogP contribution >= 0.6 is 0 Å². The molecule has 0 saturated heterocycles. The molecule has 3 unspecified atom stereocenters. The first-order valence-electron chi connectivity index (χ1n) is 12.0. The van der Waals surface area contributed by atoms with Crippen LogP contribution in [0.5, 0.6) is 0 Å². The van der Waals surface area contributed by atoms with Crippen molar-refractivity contribution >= 4 is 11.3 Å². The van der Waals surface area contributed by atoms with Crippen LogP contribution in [0, 0.1) is 20.8 Å². The number of anilines is 1. The maximum atomic E-state index is 9.93. The average molecular weight is 452 g/mol. The molecule has 1 N–H and O–H groups in total. The van der Waals surface area contributed by atoms with Crippen molar-refractivity contribution in [2.24, 2.45) is 0 Å². The molecule has 174 valence electrons. The summed E-state index contributed by atoms with van der Waals surface area (Å²) in [5, 5.41) is 9.93. The second-order valence-electron chi connectivity index (χ2n) is 9.98. The molecule has 0 spiro atoms. The minimum absolute atomic E-state index is 0.0470. The minimum Gasteiger partial charge on any atom is -0.469 e. The van der Waals surface area contributed by atoms with E-state index in [2.05, 4.69) is 99.3 Å². The van der Waals surface area contributed by atoms with Gasteiger partial charge in [-0.05, 0) is 82.5 Å². The van der Waals surface area contributed by atoms with E-state index in [1.165, 1.54) is 39.0 Å². The first-order valence-corrected chi connectivity index (χ1v) is 12.0. The topological polar surface area (TPSA) is 32.7 Å². The summed E-state index contributed by atoms with van der Waals surface area (Å²) in [6.45, 7) is 12.2. The molecule has 0 radical (unpaired) electrons. The molecule has 3 nitrogen and oxygen atoms in total. The number of hydrogen-bond acceptors (Lipinski definition) is 3. The van der Waals surface area contributed by atoms with Crippen LogP contribution in [0.1, 0.15) is 65.8 Å². The Morgan fingerprint density at radius 2 is 1.62 bits per heavy atom. The van der Waals surface area contributed by atoms with Gasteiger partial charge in [-0.2, -0.15) is 0 Å². The molecule has 3 heteroatoms. The number of aliphatic hydroxyl groups excluding tert-OH is 1. The Balaban J connectivity index is 1.75. The van der Waals surface area contributed by atoms with Gasteiger partial charge in [0.2, 0.25) is 5.72 Å². The van der Waals surface area contributed by atoms with Gasteiger partial charge in [-0.3, -0.25) is 0 Å². The normalized spacial score (nSPS) is 22.0. The van der Waals surface area contributed by atoms with Gasteiger partial charge >= 0.3 is 0 Å². The zero-order chi connectivity index (χ0) is 24.2. The van der Waals surface area contributed by atoms with Crippen molar-refractivity contribution in [3.05, 3.63) is 118 Å². The van der Waals surface area contributed by atoms with Crippen molar-refractivity contribution in [3.63, 3.8) is 0 Å². The van der Waals surface area contributed by atoms with Gasteiger partial charge in [0.05, 0.1) is 17.9 Å². The highest BCUT2D eigenvalue weighted by molar-refractivity contribution is 5.91. The van der Waals surface area contributed by atoms with E-state index in [0.717, 1.165) is 11.3 Å². The van der Waals surface area contributed by atoms with Gasteiger partial charge in [0, 0.05) is 16.8 Å². The number of rotatable bonds is 4. The van der Waals surface area contributed by atoms with Crippen molar-refractivity contribution in [1.82, 2.24) is 0 Å². The molecule has 0 aromatic heterocycles. The lowest BCUT2D eigenvalue weighted by molar-refractivity contribution is 0.0150. The summed E-state index contributed by atoms with van der Waals surface area (Å²) >= 11 is 0. The van der Waals surface area contributed by atoms with Crippen LogP contribution < -0.4 is 4.90 Å². The molecular weight excluding hydrogens is 418 g/mol. The van der Waals surface area contributed by atoms with E-state index in [-0.39, 0.29) is 6.04 Å². The smallest absolute Gasteiger partial charge is 0.207 e. The number of nitrogens with zero attached hydrogens (tertiary/aromatic N) is 1. The largest absolute Gasteiger partial charge is 0.469 e. The van der Waals surface area contributed by atoms with Crippen LogP contribution in [0.25, 0.3) is 5.57 Å². The molecule has 0 bridgehead atoms. The standard InChI is InChI=1S/C31H33NO2/c1-19-7-11-24(12-8-19)25-18-30-27-16-20(2)9-13-28(27)31(6,34-23(5)17-22(4)33)32(30)29-14-10-21(3)15-26(25)29/h7-18,22,30,33H,1-6H3/b23-17-. The molecular formula is C31H33NO2. The summed E-state index contributed by atoms with van der Waals surface area (Å²) in [5.74, 6) is 0.714. The lowest BCUT2D eigenvalue weighted by Crippen LogP contribution is -2.43. The molecule has 2 aliphatic rings. The summed E-state index contributed by atoms with van der Waals surface area (Å²) in [6.07, 6.45) is 3.59. The molecule has 2 aliphatic heterocycles. The molecule has 34 heavy (non-hydrogen) atoms. The van der Waals surface area contributed by atoms with E-state index < -0.39 is 11.8 Å². The fourth-order valence-electron chi connectivity index (χ4n) is 5.53. The second kappa shape index (κ2) is 8.18. The zero-order valence-electron chi connectivity index (χ0n) is 20.9. The first-order chi connectivity index (χ1) is 16.2. The first kappa shape index (κ1) is 22.5. The summed E-state index contributed by atoms with van der Waals surface area (Å²) < 4.78 is 6.69. The fraction of sp³-hybridized carbons (Fsp3) is 0.290. The Kier molecular flexibility index (Phi) is 5.41. The Hall–Kier alpha value is -3.30. The molecule has 5 rings (SSSR count). The number of fused-ring (bicyclic) bond motifs is 5. The monoisotopic (exact) mass is 451 g/mol. The van der Waals surface area contributed by atoms with Crippen molar-refractivity contribution in [3.8, 4) is 0 Å². The van der Waals surface area contributed by atoms with Gasteiger partial charge in [0.25, 0.3) is 0 Å². The third-order valence-corrected chi connectivity index (χ3v) is 6.99. The Morgan fingerprint density at radius 3 is 2.32 bits per heavy atom. The van der Waals surface area contributed by atoms with Gasteiger partial charge < -0.3 is 14.7 Å². The molecule has 3 aromatic carbocycles. The van der Waals surface area contributed by atoms with Crippen LogP contribution in [-0.4, -0.2) is 11.2 Å². The maximum absolute atomic E-state index is 9.93. The van der Waals surface area contributed by atoms with Gasteiger partial charge in [-0.1, -0.05) is 65.2 Å². The van der Waals surface area contributed by atoms with Gasteiger partial charge in [0.1, 0.15) is 0 Å². The van der Waals surface area contributed by atoms with Crippen LogP contribution in [0.15, 0.2) is 78.6 Å². The number of ether oxygens (including phenoxy) is 1. The van der Waals surface area contributed by atoms with Crippen LogP contribution in [0.2, 0.25) is 0 Å². The predicted octanol–water partition coefficient (Wildman–Crippen LogP) is 7.09. The Labute approximate surface area is 203 Å². The summed E-state index contributed by atoms with van der Waals surface area (Å²) in [4.78, 5) is 2.41. The molecule has 2 heterocycles. The fourth-order valence-corrected chi connectivity index (χ4v) is 5.53. The molecule has 0 fully saturated rings. The molecule has 0 aliphatic carbocycles. The number of hydrogen-bond donors (Lipinski definition) is 1. The predicted molar refractivity (Wildman–Crippen MR) is 140 cm³/mol. The van der Waals surface area contributed by atoms with E-state index >= 15 is 0 Å².